The van der Waals surface area contributed by atoms with Gasteiger partial charge in [-0.25, -0.2) is 13.2 Å². The van der Waals surface area contributed by atoms with Gasteiger partial charge >= 0.3 is 0 Å². The molecule has 0 spiro atoms. The van der Waals surface area contributed by atoms with Gasteiger partial charge < -0.3 is 5.32 Å². The van der Waals surface area contributed by atoms with Gasteiger partial charge in [-0.15, -0.1) is 0 Å². The van der Waals surface area contributed by atoms with Crippen molar-refractivity contribution < 1.29 is 18.0 Å². The fourth-order valence-corrected chi connectivity index (χ4v) is 3.13. The van der Waals surface area contributed by atoms with Crippen LogP contribution in [0.25, 0.3) is 0 Å². The summed E-state index contributed by atoms with van der Waals surface area (Å²) in [6, 6.07) is 16.5. The highest BCUT2D eigenvalue weighted by atomic mass is 19.1. The van der Waals surface area contributed by atoms with E-state index in [1.54, 1.807) is 18.2 Å². The lowest BCUT2D eigenvalue weighted by Crippen LogP contribution is -2.30. The minimum Gasteiger partial charge on any atom is -0.351 e. The Bertz CT molecular complexity index is 1030. The second-order valence-electron chi connectivity index (χ2n) is 6.36. The van der Waals surface area contributed by atoms with E-state index in [-0.39, 0.29) is 17.5 Å². The maximum absolute atomic E-state index is 13.3. The monoisotopic (exact) mass is 380 g/mol. The minimum atomic E-state index is -0.499. The molecule has 1 atom stereocenters. The fourth-order valence-electron chi connectivity index (χ4n) is 3.13. The molecule has 3 nitrogen and oxygen atoms in total. The summed E-state index contributed by atoms with van der Waals surface area (Å²) in [6.07, 6.45) is 1.71. The number of carbonyl (C=O) groups excluding carboxylic acids is 1. The number of anilines is 2. The third-order valence-electron chi connectivity index (χ3n) is 4.49. The zero-order valence-corrected chi connectivity index (χ0v) is 14.6. The van der Waals surface area contributed by atoms with Crippen LogP contribution >= 0.6 is 0 Å². The number of hydrogen-bond donors (Lipinski definition) is 1. The number of carbonyl (C=O) groups is 1. The predicted molar refractivity (Wildman–Crippen MR) is 101 cm³/mol. The van der Waals surface area contributed by atoms with Gasteiger partial charge in [-0.3, -0.25) is 9.69 Å². The van der Waals surface area contributed by atoms with Crippen molar-refractivity contribution in [2.75, 3.05) is 10.2 Å². The van der Waals surface area contributed by atoms with Crippen molar-refractivity contribution in [2.24, 2.45) is 0 Å². The third kappa shape index (κ3) is 3.49. The second kappa shape index (κ2) is 7.23. The van der Waals surface area contributed by atoms with Gasteiger partial charge in [-0.2, -0.15) is 0 Å². The topological polar surface area (TPSA) is 32.3 Å². The van der Waals surface area contributed by atoms with Gasteiger partial charge in [0.05, 0.1) is 6.04 Å². The highest BCUT2D eigenvalue weighted by Gasteiger charge is 2.34. The molecule has 0 bridgehead atoms. The van der Waals surface area contributed by atoms with Gasteiger partial charge in [0.1, 0.15) is 23.1 Å². The molecule has 0 radical (unpaired) electrons. The van der Waals surface area contributed by atoms with Crippen LogP contribution in [0.4, 0.5) is 24.5 Å². The number of nitrogens with one attached hydrogen (secondary N) is 1. The van der Waals surface area contributed by atoms with Crippen molar-refractivity contribution in [3.05, 3.63) is 108 Å². The number of nitrogens with zero attached hydrogens (tertiary/aromatic N) is 1. The molecule has 6 heteroatoms. The highest BCUT2D eigenvalue weighted by Crippen LogP contribution is 2.36. The van der Waals surface area contributed by atoms with Gasteiger partial charge in [-0.1, -0.05) is 12.1 Å². The molecule has 0 saturated carbocycles. The van der Waals surface area contributed by atoms with Crippen molar-refractivity contribution in [3.8, 4) is 0 Å². The van der Waals surface area contributed by atoms with Gasteiger partial charge in [-0.05, 0) is 72.3 Å². The van der Waals surface area contributed by atoms with E-state index in [4.69, 9.17) is 0 Å². The molecule has 1 N–H and O–H groups in total. The van der Waals surface area contributed by atoms with Crippen LogP contribution in [-0.2, 0) is 4.79 Å². The molecule has 140 valence electrons. The van der Waals surface area contributed by atoms with Crippen LogP contribution in [0.1, 0.15) is 11.6 Å². The smallest absolute Gasteiger partial charge is 0.275 e. The van der Waals surface area contributed by atoms with Gasteiger partial charge in [0, 0.05) is 11.4 Å². The average Bonchev–Trinajstić information content (AvgIpc) is 3.01. The minimum absolute atomic E-state index is 0.297. The molecule has 28 heavy (non-hydrogen) atoms. The van der Waals surface area contributed by atoms with Crippen LogP contribution < -0.4 is 10.2 Å². The van der Waals surface area contributed by atoms with Crippen LogP contribution in [-0.4, -0.2) is 5.91 Å². The predicted octanol–water partition coefficient (Wildman–Crippen LogP) is 5.19. The quantitative estimate of drug-likeness (QED) is 0.676. The Labute approximate surface area is 159 Å². The van der Waals surface area contributed by atoms with Crippen molar-refractivity contribution >= 4 is 17.3 Å². The lowest BCUT2D eigenvalue weighted by atomic mass is 10.1. The molecule has 0 aromatic heterocycles. The lowest BCUT2D eigenvalue weighted by molar-refractivity contribution is -0.114. The molecule has 1 unspecified atom stereocenters. The maximum atomic E-state index is 13.3. The van der Waals surface area contributed by atoms with Crippen LogP contribution in [0.15, 0.2) is 84.6 Å². The summed E-state index contributed by atoms with van der Waals surface area (Å²) >= 11 is 0. The molecular formula is C22H15F3N2O. The third-order valence-corrected chi connectivity index (χ3v) is 4.49. The van der Waals surface area contributed by atoms with E-state index in [1.807, 2.05) is 0 Å². The zero-order chi connectivity index (χ0) is 19.7. The van der Waals surface area contributed by atoms with E-state index >= 15 is 0 Å². The molecule has 3 aromatic carbocycles. The first kappa shape index (κ1) is 17.9. The Balaban J connectivity index is 1.72. The summed E-state index contributed by atoms with van der Waals surface area (Å²) < 4.78 is 39.8. The summed E-state index contributed by atoms with van der Waals surface area (Å²) in [4.78, 5) is 14.6. The molecule has 1 aliphatic heterocycles. The van der Waals surface area contributed by atoms with Crippen LogP contribution in [0.3, 0.4) is 0 Å². The van der Waals surface area contributed by atoms with Crippen molar-refractivity contribution in [3.63, 3.8) is 0 Å². The van der Waals surface area contributed by atoms with Crippen LogP contribution in [0.5, 0.6) is 0 Å². The number of rotatable bonds is 4. The van der Waals surface area contributed by atoms with Gasteiger partial charge in [0.2, 0.25) is 0 Å². The highest BCUT2D eigenvalue weighted by molar-refractivity contribution is 6.11. The van der Waals surface area contributed by atoms with Gasteiger partial charge in [0.25, 0.3) is 5.91 Å². The van der Waals surface area contributed by atoms with E-state index in [1.165, 1.54) is 65.6 Å². The second-order valence-corrected chi connectivity index (χ2v) is 6.36. The Morgan fingerprint density at radius 1 is 0.714 bits per heavy atom. The van der Waals surface area contributed by atoms with Crippen LogP contribution in [0, 0.1) is 17.5 Å². The van der Waals surface area contributed by atoms with E-state index in [2.05, 4.69) is 5.32 Å². The first-order chi connectivity index (χ1) is 13.5. The van der Waals surface area contributed by atoms with Gasteiger partial charge in [0.15, 0.2) is 0 Å². The largest absolute Gasteiger partial charge is 0.351 e. The summed E-state index contributed by atoms with van der Waals surface area (Å²) in [5, 5.41) is 3.00. The molecule has 0 saturated heterocycles. The average molecular weight is 380 g/mol. The Hall–Kier alpha value is -3.54. The van der Waals surface area contributed by atoms with E-state index in [0.717, 1.165) is 0 Å². The van der Waals surface area contributed by atoms with Crippen molar-refractivity contribution in [1.82, 2.24) is 0 Å². The maximum Gasteiger partial charge on any atom is 0.275 e. The van der Waals surface area contributed by atoms with Crippen molar-refractivity contribution in [1.29, 1.82) is 0 Å². The van der Waals surface area contributed by atoms with E-state index < -0.39 is 11.9 Å². The standard InChI is InChI=1S/C22H15F3N2O/c23-15-3-1-14(2-4-15)21-13-20(26-18-9-5-16(24)6-10-18)22(28)27(21)19-11-7-17(25)8-12-19/h1-13,21,26H. The molecule has 0 fully saturated rings. The fraction of sp³-hybridized carbons (Fsp3) is 0.0455. The van der Waals surface area contributed by atoms with E-state index in [9.17, 15) is 18.0 Å². The molecular weight excluding hydrogens is 365 g/mol. The number of halogens is 3. The Morgan fingerprint density at radius 3 is 1.79 bits per heavy atom. The normalized spacial score (nSPS) is 16.2. The van der Waals surface area contributed by atoms with Crippen molar-refractivity contribution in [2.45, 2.75) is 6.04 Å². The summed E-state index contributed by atoms with van der Waals surface area (Å²) in [5.74, 6) is -1.50. The number of amides is 1. The first-order valence-corrected chi connectivity index (χ1v) is 8.60. The summed E-state index contributed by atoms with van der Waals surface area (Å²) in [5.41, 5.74) is 2.06. The molecule has 0 aliphatic carbocycles. The van der Waals surface area contributed by atoms with E-state index in [0.29, 0.717) is 22.6 Å². The number of hydrogen-bond acceptors (Lipinski definition) is 2. The Morgan fingerprint density at radius 2 is 1.21 bits per heavy atom. The summed E-state index contributed by atoms with van der Waals surface area (Å²) in [7, 11) is 0. The molecule has 1 amide bonds. The summed E-state index contributed by atoms with van der Waals surface area (Å²) in [6.45, 7) is 0. The van der Waals surface area contributed by atoms with Crippen LogP contribution in [0.2, 0.25) is 0 Å². The molecule has 1 heterocycles. The lowest BCUT2D eigenvalue weighted by Gasteiger charge is -2.25. The Kier molecular flexibility index (Phi) is 4.61. The number of benzene rings is 3. The molecule has 1 aliphatic rings. The SMILES string of the molecule is O=C1C(Nc2ccc(F)cc2)=CC(c2ccc(F)cc2)N1c1ccc(F)cc1. The zero-order valence-electron chi connectivity index (χ0n) is 14.6. The molecule has 3 aromatic rings. The molecule has 4 rings (SSSR count). The first-order valence-electron chi connectivity index (χ1n) is 8.60.